The zero-order valence-corrected chi connectivity index (χ0v) is 18.3. The van der Waals surface area contributed by atoms with Crippen LogP contribution in [0, 0.1) is 0 Å². The first-order valence-electron chi connectivity index (χ1n) is 9.97. The highest BCUT2D eigenvalue weighted by molar-refractivity contribution is 9.09. The molecule has 0 radical (unpaired) electrons. The molecule has 0 aromatic heterocycles. The lowest BCUT2D eigenvalue weighted by Crippen LogP contribution is -2.20. The molecule has 4 aromatic rings. The number of carbonyl (C=O) groups is 1. The molecular weight excluding hydrogens is 452 g/mol. The van der Waals surface area contributed by atoms with Gasteiger partial charge in [-0.25, -0.2) is 0 Å². The highest BCUT2D eigenvalue weighted by Gasteiger charge is 2.19. The number of halogens is 1. The quantitative estimate of drug-likeness (QED) is 0.208. The molecule has 0 aliphatic rings. The predicted molar refractivity (Wildman–Crippen MR) is 126 cm³/mol. The standard InChI is InChI=1S/C27H21BrO3/c28-27(25(29)20-10-4-1-5-11-20)31-24-18-16-23(17-19-24)30-26(21-12-6-2-7-13-21)22-14-8-3-9-15-22/h1-19,26-27H. The van der Waals surface area contributed by atoms with E-state index >= 15 is 0 Å². The lowest BCUT2D eigenvalue weighted by atomic mass is 10.0. The Morgan fingerprint density at radius 3 is 1.48 bits per heavy atom. The SMILES string of the molecule is O=C(c1ccccc1)C(Br)Oc1ccc(OC(c2ccccc2)c2ccccc2)cc1. The van der Waals surface area contributed by atoms with Crippen LogP contribution in [0.5, 0.6) is 11.5 Å². The molecule has 0 saturated carbocycles. The highest BCUT2D eigenvalue weighted by Crippen LogP contribution is 2.30. The van der Waals surface area contributed by atoms with Crippen molar-refractivity contribution in [2.45, 2.75) is 11.1 Å². The second-order valence-corrected chi connectivity index (χ2v) is 7.79. The number of hydrogen-bond donors (Lipinski definition) is 0. The molecule has 3 nitrogen and oxygen atoms in total. The largest absolute Gasteiger partial charge is 0.481 e. The summed E-state index contributed by atoms with van der Waals surface area (Å²) < 4.78 is 12.1. The van der Waals surface area contributed by atoms with E-state index in [0.29, 0.717) is 17.1 Å². The normalized spacial score (nSPS) is 11.7. The van der Waals surface area contributed by atoms with Crippen LogP contribution in [0.15, 0.2) is 115 Å². The first-order chi connectivity index (χ1) is 15.2. The molecule has 0 bridgehead atoms. The van der Waals surface area contributed by atoms with Crippen LogP contribution in [0.1, 0.15) is 27.6 Å². The van der Waals surface area contributed by atoms with Crippen molar-refractivity contribution in [2.24, 2.45) is 0 Å². The molecule has 4 aromatic carbocycles. The molecule has 0 aliphatic carbocycles. The van der Waals surface area contributed by atoms with E-state index in [1.807, 2.05) is 66.7 Å². The van der Waals surface area contributed by atoms with Crippen LogP contribution >= 0.6 is 15.9 Å². The minimum atomic E-state index is -0.761. The van der Waals surface area contributed by atoms with Crippen LogP contribution in [0.25, 0.3) is 0 Å². The van der Waals surface area contributed by atoms with Gasteiger partial charge in [0.2, 0.25) is 10.8 Å². The summed E-state index contributed by atoms with van der Waals surface area (Å²) in [5.74, 6) is 1.16. The van der Waals surface area contributed by atoms with Gasteiger partial charge in [-0.1, -0.05) is 91.0 Å². The number of Topliss-reactive ketones (excluding diaryl/α,β-unsaturated/α-hetero) is 1. The maximum absolute atomic E-state index is 12.5. The molecule has 1 atom stereocenters. The van der Waals surface area contributed by atoms with E-state index in [0.717, 1.165) is 11.1 Å². The first-order valence-corrected chi connectivity index (χ1v) is 10.9. The summed E-state index contributed by atoms with van der Waals surface area (Å²) in [5, 5.41) is -0.761. The Morgan fingerprint density at radius 1 is 0.581 bits per heavy atom. The minimum absolute atomic E-state index is 0.130. The molecule has 4 heteroatoms. The van der Waals surface area contributed by atoms with Gasteiger partial charge in [-0.3, -0.25) is 4.79 Å². The van der Waals surface area contributed by atoms with E-state index in [2.05, 4.69) is 40.2 Å². The second-order valence-electron chi connectivity index (χ2n) is 6.95. The van der Waals surface area contributed by atoms with E-state index in [9.17, 15) is 4.79 Å². The van der Waals surface area contributed by atoms with Gasteiger partial charge in [0, 0.05) is 5.56 Å². The van der Waals surface area contributed by atoms with E-state index in [4.69, 9.17) is 9.47 Å². The number of benzene rings is 4. The Hall–Kier alpha value is -3.37. The zero-order valence-electron chi connectivity index (χ0n) is 16.7. The van der Waals surface area contributed by atoms with Crippen molar-refractivity contribution >= 4 is 21.7 Å². The maximum atomic E-state index is 12.5. The Labute approximate surface area is 190 Å². The molecule has 1 unspecified atom stereocenters. The van der Waals surface area contributed by atoms with Gasteiger partial charge in [-0.05, 0) is 51.3 Å². The van der Waals surface area contributed by atoms with Crippen molar-refractivity contribution in [3.05, 3.63) is 132 Å². The Balaban J connectivity index is 1.47. The third-order valence-corrected chi connectivity index (χ3v) is 5.39. The van der Waals surface area contributed by atoms with E-state index in [-0.39, 0.29) is 11.9 Å². The maximum Gasteiger partial charge on any atom is 0.215 e. The fraction of sp³-hybridized carbons (Fsp3) is 0.0741. The summed E-state index contributed by atoms with van der Waals surface area (Å²) in [6.07, 6.45) is -0.224. The molecule has 0 N–H and O–H groups in total. The molecule has 0 aliphatic heterocycles. The van der Waals surface area contributed by atoms with E-state index in [1.54, 1.807) is 24.3 Å². The van der Waals surface area contributed by atoms with Gasteiger partial charge < -0.3 is 9.47 Å². The third-order valence-electron chi connectivity index (χ3n) is 4.79. The molecule has 0 fully saturated rings. The number of ether oxygens (including phenoxy) is 2. The van der Waals surface area contributed by atoms with Gasteiger partial charge in [0.05, 0.1) is 0 Å². The fourth-order valence-electron chi connectivity index (χ4n) is 3.22. The van der Waals surface area contributed by atoms with Gasteiger partial charge in [-0.2, -0.15) is 0 Å². The van der Waals surface area contributed by atoms with Crippen molar-refractivity contribution in [3.8, 4) is 11.5 Å². The average Bonchev–Trinajstić information content (AvgIpc) is 2.84. The molecule has 154 valence electrons. The fourth-order valence-corrected chi connectivity index (χ4v) is 3.70. The van der Waals surface area contributed by atoms with Crippen molar-refractivity contribution in [1.29, 1.82) is 0 Å². The van der Waals surface area contributed by atoms with Crippen LogP contribution in [0.2, 0.25) is 0 Å². The van der Waals surface area contributed by atoms with Crippen LogP contribution < -0.4 is 9.47 Å². The van der Waals surface area contributed by atoms with Gasteiger partial charge in [-0.15, -0.1) is 0 Å². The number of carbonyl (C=O) groups excluding carboxylic acids is 1. The van der Waals surface area contributed by atoms with Gasteiger partial charge in [0.25, 0.3) is 0 Å². The van der Waals surface area contributed by atoms with Crippen LogP contribution in [-0.2, 0) is 0 Å². The summed E-state index contributed by atoms with van der Waals surface area (Å²) in [5.41, 5.74) is 2.74. The van der Waals surface area contributed by atoms with Crippen LogP contribution in [0.3, 0.4) is 0 Å². The summed E-state index contributed by atoms with van der Waals surface area (Å²) in [6.45, 7) is 0. The molecule has 0 spiro atoms. The van der Waals surface area contributed by atoms with E-state index < -0.39 is 5.01 Å². The van der Waals surface area contributed by atoms with Gasteiger partial charge >= 0.3 is 0 Å². The Bertz CT molecular complexity index is 1060. The number of alkyl halides is 1. The molecule has 0 heterocycles. The summed E-state index contributed by atoms with van der Waals surface area (Å²) in [7, 11) is 0. The monoisotopic (exact) mass is 472 g/mol. The number of hydrogen-bond acceptors (Lipinski definition) is 3. The molecule has 0 saturated heterocycles. The van der Waals surface area contributed by atoms with E-state index in [1.165, 1.54) is 0 Å². The summed E-state index contributed by atoms with van der Waals surface area (Å²) in [4.78, 5) is 12.5. The number of ketones is 1. The molecular formula is C27H21BrO3. The predicted octanol–water partition coefficient (Wildman–Crippen LogP) is 6.84. The molecule has 0 amide bonds. The van der Waals surface area contributed by atoms with Crippen molar-refractivity contribution < 1.29 is 14.3 Å². The Kier molecular flexibility index (Phi) is 6.80. The smallest absolute Gasteiger partial charge is 0.215 e. The van der Waals surface area contributed by atoms with Crippen molar-refractivity contribution in [3.63, 3.8) is 0 Å². The first kappa shape index (κ1) is 20.9. The lowest BCUT2D eigenvalue weighted by Gasteiger charge is -2.20. The molecule has 31 heavy (non-hydrogen) atoms. The Morgan fingerprint density at radius 2 is 1.00 bits per heavy atom. The third kappa shape index (κ3) is 5.41. The zero-order chi connectivity index (χ0) is 21.5. The molecule has 4 rings (SSSR count). The van der Waals surface area contributed by atoms with Gasteiger partial charge in [0.1, 0.15) is 17.6 Å². The summed E-state index contributed by atoms with van der Waals surface area (Å²) >= 11 is 3.33. The second kappa shape index (κ2) is 10.1. The van der Waals surface area contributed by atoms with Crippen molar-refractivity contribution in [2.75, 3.05) is 0 Å². The topological polar surface area (TPSA) is 35.5 Å². The van der Waals surface area contributed by atoms with Crippen molar-refractivity contribution in [1.82, 2.24) is 0 Å². The average molecular weight is 473 g/mol. The lowest BCUT2D eigenvalue weighted by molar-refractivity contribution is 0.0897. The van der Waals surface area contributed by atoms with Crippen LogP contribution in [0.4, 0.5) is 0 Å². The highest BCUT2D eigenvalue weighted by atomic mass is 79.9. The van der Waals surface area contributed by atoms with Gasteiger partial charge in [0.15, 0.2) is 0 Å². The van der Waals surface area contributed by atoms with Crippen LogP contribution in [-0.4, -0.2) is 10.8 Å². The minimum Gasteiger partial charge on any atom is -0.481 e. The number of rotatable bonds is 8. The summed E-state index contributed by atoms with van der Waals surface area (Å²) in [6, 6.07) is 36.6.